The van der Waals surface area contributed by atoms with Crippen LogP contribution in [0.2, 0.25) is 0 Å². The first-order valence-electron chi connectivity index (χ1n) is 6.11. The van der Waals surface area contributed by atoms with Crippen LogP contribution in [0.3, 0.4) is 0 Å². The fraction of sp³-hybridized carbons (Fsp3) is 0.231. The number of nitrogens with zero attached hydrogens (tertiary/aromatic N) is 3. The quantitative estimate of drug-likeness (QED) is 0.668. The maximum atomic E-state index is 11.9. The molecule has 8 heteroatoms. The van der Waals surface area contributed by atoms with E-state index >= 15 is 0 Å². The number of aromatic nitrogens is 2. The Balaban J connectivity index is 2.02. The van der Waals surface area contributed by atoms with Gasteiger partial charge in [-0.05, 0) is 30.7 Å². The Morgan fingerprint density at radius 2 is 2.29 bits per heavy atom. The number of aryl methyl sites for hydroxylation is 1. The van der Waals surface area contributed by atoms with Crippen LogP contribution in [0, 0.1) is 17.0 Å². The van der Waals surface area contributed by atoms with Crippen LogP contribution in [0.5, 0.6) is 5.75 Å². The molecule has 0 radical (unpaired) electrons. The number of hydrogen-bond donors (Lipinski definition) is 1. The average Bonchev–Trinajstić information content (AvgIpc) is 2.89. The minimum absolute atomic E-state index is 0.0979. The molecule has 110 valence electrons. The second kappa shape index (κ2) is 6.04. The third-order valence-corrected chi connectivity index (χ3v) is 2.84. The molecule has 0 spiro atoms. The van der Waals surface area contributed by atoms with Crippen LogP contribution < -0.4 is 10.1 Å². The van der Waals surface area contributed by atoms with E-state index in [-0.39, 0.29) is 18.1 Å². The molecule has 0 aliphatic rings. The Morgan fingerprint density at radius 1 is 1.52 bits per heavy atom. The standard InChI is InChI=1S/C13H14N4O4/c1-9-5-11(21-2)3-4-12(9)15-13(18)8-16-7-10(6-14-16)17(19)20/h3-7H,8H2,1-2H3,(H,15,18). The smallest absolute Gasteiger partial charge is 0.307 e. The Morgan fingerprint density at radius 3 is 2.86 bits per heavy atom. The molecule has 0 saturated heterocycles. The molecular weight excluding hydrogens is 276 g/mol. The summed E-state index contributed by atoms with van der Waals surface area (Å²) >= 11 is 0. The first-order valence-corrected chi connectivity index (χ1v) is 6.11. The number of carbonyl (C=O) groups excluding carboxylic acids is 1. The summed E-state index contributed by atoms with van der Waals surface area (Å²) in [5.41, 5.74) is 1.36. The van der Waals surface area contributed by atoms with Crippen molar-refractivity contribution in [1.82, 2.24) is 9.78 Å². The van der Waals surface area contributed by atoms with Crippen molar-refractivity contribution in [2.75, 3.05) is 12.4 Å². The zero-order valence-corrected chi connectivity index (χ0v) is 11.6. The van der Waals surface area contributed by atoms with Crippen molar-refractivity contribution in [3.8, 4) is 5.75 Å². The fourth-order valence-electron chi connectivity index (χ4n) is 1.77. The molecule has 0 unspecified atom stereocenters. The largest absolute Gasteiger partial charge is 0.497 e. The summed E-state index contributed by atoms with van der Waals surface area (Å²) in [5, 5.41) is 17.0. The van der Waals surface area contributed by atoms with Gasteiger partial charge in [-0.25, -0.2) is 0 Å². The lowest BCUT2D eigenvalue weighted by Crippen LogP contribution is -2.19. The van der Waals surface area contributed by atoms with E-state index in [1.165, 1.54) is 10.9 Å². The number of anilines is 1. The van der Waals surface area contributed by atoms with Gasteiger partial charge in [-0.15, -0.1) is 0 Å². The molecule has 1 aromatic heterocycles. The van der Waals surface area contributed by atoms with E-state index in [9.17, 15) is 14.9 Å². The summed E-state index contributed by atoms with van der Waals surface area (Å²) in [7, 11) is 1.57. The third-order valence-electron chi connectivity index (χ3n) is 2.84. The number of nitro groups is 1. The van der Waals surface area contributed by atoms with Gasteiger partial charge in [0, 0.05) is 5.69 Å². The number of carbonyl (C=O) groups is 1. The molecule has 1 heterocycles. The zero-order chi connectivity index (χ0) is 15.4. The maximum absolute atomic E-state index is 11.9. The number of nitrogens with one attached hydrogen (secondary N) is 1. The molecule has 8 nitrogen and oxygen atoms in total. The molecular formula is C13H14N4O4. The lowest BCUT2D eigenvalue weighted by Gasteiger charge is -2.09. The lowest BCUT2D eigenvalue weighted by molar-refractivity contribution is -0.385. The van der Waals surface area contributed by atoms with Gasteiger partial charge in [-0.3, -0.25) is 19.6 Å². The van der Waals surface area contributed by atoms with Gasteiger partial charge in [0.1, 0.15) is 24.7 Å². The molecule has 0 aliphatic carbocycles. The molecule has 2 aromatic rings. The number of rotatable bonds is 5. The summed E-state index contributed by atoms with van der Waals surface area (Å²) in [6, 6.07) is 5.27. The normalized spacial score (nSPS) is 10.2. The number of benzene rings is 1. The Hall–Kier alpha value is -2.90. The predicted molar refractivity (Wildman–Crippen MR) is 75.2 cm³/mol. The molecule has 2 rings (SSSR count). The van der Waals surface area contributed by atoms with E-state index < -0.39 is 4.92 Å². The number of hydrogen-bond acceptors (Lipinski definition) is 5. The van der Waals surface area contributed by atoms with Crippen LogP contribution in [0.1, 0.15) is 5.56 Å². The van der Waals surface area contributed by atoms with Crippen molar-refractivity contribution >= 4 is 17.3 Å². The van der Waals surface area contributed by atoms with Gasteiger partial charge in [0.05, 0.1) is 12.0 Å². The molecule has 21 heavy (non-hydrogen) atoms. The maximum Gasteiger partial charge on any atom is 0.307 e. The highest BCUT2D eigenvalue weighted by Gasteiger charge is 2.12. The van der Waals surface area contributed by atoms with E-state index in [0.29, 0.717) is 11.4 Å². The van der Waals surface area contributed by atoms with E-state index in [4.69, 9.17) is 4.74 Å². The first-order chi connectivity index (χ1) is 9.99. The molecule has 0 fully saturated rings. The number of ether oxygens (including phenoxy) is 1. The fourth-order valence-corrected chi connectivity index (χ4v) is 1.77. The van der Waals surface area contributed by atoms with Gasteiger partial charge < -0.3 is 10.1 Å². The highest BCUT2D eigenvalue weighted by molar-refractivity contribution is 5.91. The van der Waals surface area contributed by atoms with Gasteiger partial charge in [0.2, 0.25) is 5.91 Å². The minimum Gasteiger partial charge on any atom is -0.497 e. The van der Waals surface area contributed by atoms with Gasteiger partial charge in [0.25, 0.3) is 0 Å². The first kappa shape index (κ1) is 14.5. The Bertz CT molecular complexity index is 681. The van der Waals surface area contributed by atoms with Crippen LogP contribution in [-0.2, 0) is 11.3 Å². The number of methoxy groups -OCH3 is 1. The average molecular weight is 290 g/mol. The Labute approximate surface area is 120 Å². The molecule has 1 aromatic carbocycles. The minimum atomic E-state index is -0.560. The van der Waals surface area contributed by atoms with Crippen molar-refractivity contribution in [3.05, 3.63) is 46.3 Å². The van der Waals surface area contributed by atoms with Gasteiger partial charge >= 0.3 is 5.69 Å². The van der Waals surface area contributed by atoms with Crippen LogP contribution in [0.15, 0.2) is 30.6 Å². The van der Waals surface area contributed by atoms with Crippen molar-refractivity contribution < 1.29 is 14.5 Å². The van der Waals surface area contributed by atoms with Gasteiger partial charge in [0.15, 0.2) is 0 Å². The van der Waals surface area contributed by atoms with E-state index in [1.54, 1.807) is 25.3 Å². The summed E-state index contributed by atoms with van der Waals surface area (Å²) in [5.74, 6) is 0.384. The topological polar surface area (TPSA) is 99.3 Å². The van der Waals surface area contributed by atoms with Crippen molar-refractivity contribution in [1.29, 1.82) is 0 Å². The van der Waals surface area contributed by atoms with E-state index in [1.807, 2.05) is 6.92 Å². The lowest BCUT2D eigenvalue weighted by atomic mass is 10.2. The molecule has 0 atom stereocenters. The summed E-state index contributed by atoms with van der Waals surface area (Å²) in [4.78, 5) is 21.9. The third kappa shape index (κ3) is 3.56. The van der Waals surface area contributed by atoms with Gasteiger partial charge in [-0.2, -0.15) is 5.10 Å². The van der Waals surface area contributed by atoms with E-state index in [0.717, 1.165) is 11.8 Å². The second-order valence-corrected chi connectivity index (χ2v) is 4.38. The van der Waals surface area contributed by atoms with E-state index in [2.05, 4.69) is 10.4 Å². The summed E-state index contributed by atoms with van der Waals surface area (Å²) < 4.78 is 6.30. The molecule has 0 saturated carbocycles. The van der Waals surface area contributed by atoms with Crippen LogP contribution in [0.25, 0.3) is 0 Å². The van der Waals surface area contributed by atoms with Crippen LogP contribution in [0.4, 0.5) is 11.4 Å². The molecule has 0 bridgehead atoms. The summed E-state index contributed by atoms with van der Waals surface area (Å²) in [6.45, 7) is 1.75. The van der Waals surface area contributed by atoms with Crippen molar-refractivity contribution in [3.63, 3.8) is 0 Å². The molecule has 0 aliphatic heterocycles. The zero-order valence-electron chi connectivity index (χ0n) is 11.6. The predicted octanol–water partition coefficient (Wildman–Crippen LogP) is 1.75. The van der Waals surface area contributed by atoms with Crippen LogP contribution >= 0.6 is 0 Å². The monoisotopic (exact) mass is 290 g/mol. The van der Waals surface area contributed by atoms with Crippen molar-refractivity contribution in [2.45, 2.75) is 13.5 Å². The SMILES string of the molecule is COc1ccc(NC(=O)Cn2cc([N+](=O)[O-])cn2)c(C)c1. The van der Waals surface area contributed by atoms with Gasteiger partial charge in [-0.1, -0.05) is 0 Å². The van der Waals surface area contributed by atoms with Crippen molar-refractivity contribution in [2.24, 2.45) is 0 Å². The second-order valence-electron chi connectivity index (χ2n) is 4.38. The highest BCUT2D eigenvalue weighted by Crippen LogP contribution is 2.21. The molecule has 1 N–H and O–H groups in total. The Kier molecular flexibility index (Phi) is 4.17. The summed E-state index contributed by atoms with van der Waals surface area (Å²) in [6.07, 6.45) is 2.31. The number of amides is 1. The molecule has 1 amide bonds. The van der Waals surface area contributed by atoms with Crippen LogP contribution in [-0.4, -0.2) is 27.7 Å². The highest BCUT2D eigenvalue weighted by atomic mass is 16.6.